The molecule has 1 aliphatic carbocycles. The lowest BCUT2D eigenvalue weighted by Gasteiger charge is -2.33. The first-order valence-corrected chi connectivity index (χ1v) is 14.6. The maximum absolute atomic E-state index is 13.7. The number of aryl methyl sites for hydroxylation is 2. The first kappa shape index (κ1) is 28.2. The van der Waals surface area contributed by atoms with Gasteiger partial charge in [-0.1, -0.05) is 72.8 Å². The Morgan fingerprint density at radius 3 is 1.66 bits per heavy atom. The Bertz CT molecular complexity index is 1540. The van der Waals surface area contributed by atoms with E-state index in [1.54, 1.807) is 7.11 Å². The molecule has 0 spiro atoms. The number of anilines is 2. The molecule has 0 aliphatic heterocycles. The van der Waals surface area contributed by atoms with Gasteiger partial charge in [0.15, 0.2) is 5.78 Å². The van der Waals surface area contributed by atoms with E-state index in [0.717, 1.165) is 65.6 Å². The molecule has 0 heterocycles. The Labute approximate surface area is 244 Å². The molecule has 0 saturated heterocycles. The van der Waals surface area contributed by atoms with Crippen molar-refractivity contribution < 1.29 is 9.53 Å². The van der Waals surface area contributed by atoms with Gasteiger partial charge in [-0.05, 0) is 85.3 Å². The average Bonchev–Trinajstić information content (AvgIpc) is 3.00. The lowest BCUT2D eigenvalue weighted by molar-refractivity contribution is -0.117. The van der Waals surface area contributed by atoms with Crippen molar-refractivity contribution in [2.45, 2.75) is 46.7 Å². The van der Waals surface area contributed by atoms with E-state index in [1.165, 1.54) is 11.1 Å². The van der Waals surface area contributed by atoms with Crippen LogP contribution in [0.2, 0.25) is 0 Å². The van der Waals surface area contributed by atoms with Crippen molar-refractivity contribution in [3.8, 4) is 0 Å². The number of rotatable bonds is 11. The molecule has 0 N–H and O–H groups in total. The van der Waals surface area contributed by atoms with Crippen LogP contribution >= 0.6 is 0 Å². The fraction of sp³-hybridized carbons (Fsp3) is 0.270. The molecule has 4 aromatic carbocycles. The monoisotopic (exact) mass is 544 g/mol. The first-order chi connectivity index (χ1) is 19.9. The van der Waals surface area contributed by atoms with Gasteiger partial charge in [-0.15, -0.1) is 0 Å². The molecule has 4 heteroatoms. The van der Waals surface area contributed by atoms with Crippen molar-refractivity contribution in [1.29, 1.82) is 0 Å². The molecule has 4 aromatic rings. The van der Waals surface area contributed by atoms with Crippen molar-refractivity contribution in [3.63, 3.8) is 0 Å². The molecule has 1 aliphatic rings. The van der Waals surface area contributed by atoms with Gasteiger partial charge >= 0.3 is 0 Å². The summed E-state index contributed by atoms with van der Waals surface area (Å²) < 4.78 is 5.89. The summed E-state index contributed by atoms with van der Waals surface area (Å²) in [6.45, 7) is 12.0. The summed E-state index contributed by atoms with van der Waals surface area (Å²) in [5, 5.41) is 0. The number of hydrogen-bond donors (Lipinski definition) is 0. The largest absolute Gasteiger partial charge is 0.499 e. The van der Waals surface area contributed by atoms with Crippen LogP contribution < -0.4 is 9.80 Å². The van der Waals surface area contributed by atoms with Crippen molar-refractivity contribution in [2.75, 3.05) is 30.0 Å². The van der Waals surface area contributed by atoms with E-state index >= 15 is 0 Å². The van der Waals surface area contributed by atoms with E-state index in [-0.39, 0.29) is 11.7 Å². The van der Waals surface area contributed by atoms with E-state index in [4.69, 9.17) is 4.74 Å². The van der Waals surface area contributed by atoms with Gasteiger partial charge in [0.1, 0.15) is 11.7 Å². The quantitative estimate of drug-likeness (QED) is 0.191. The lowest BCUT2D eigenvalue weighted by atomic mass is 9.73. The van der Waals surface area contributed by atoms with Crippen molar-refractivity contribution in [3.05, 3.63) is 136 Å². The summed E-state index contributed by atoms with van der Waals surface area (Å²) in [4.78, 5) is 18.4. The van der Waals surface area contributed by atoms with Crippen LogP contribution in [0.1, 0.15) is 53.1 Å². The summed E-state index contributed by atoms with van der Waals surface area (Å²) >= 11 is 0. The number of Topliss-reactive ketones (excluding diaryl/α,β-unsaturated/α-hetero) is 1. The number of allylic oxidation sites excluding steroid dienone is 2. The molecular weight excluding hydrogens is 504 g/mol. The molecular formula is C37H40N2O2. The number of carbonyl (C=O) groups is 1. The molecule has 1 atom stereocenters. The van der Waals surface area contributed by atoms with Gasteiger partial charge in [-0.2, -0.15) is 0 Å². The van der Waals surface area contributed by atoms with Crippen LogP contribution in [0.4, 0.5) is 11.4 Å². The van der Waals surface area contributed by atoms with Crippen LogP contribution in [0, 0.1) is 13.8 Å². The Morgan fingerprint density at radius 2 is 1.20 bits per heavy atom. The molecule has 0 fully saturated rings. The standard InChI is InChI=1S/C37H40N2O2/c1-6-38(24-28-14-10-8-11-15-28)30-18-20-32(26(3)22-30)34-36(40)35(37(34)41-5)33-21-19-31(23-27(33)4)39(7-2)25-29-16-12-9-13-17-29/h8-23,34H,6-7,24-25H2,1-5H3. The second-order valence-electron chi connectivity index (χ2n) is 10.8. The van der Waals surface area contributed by atoms with E-state index in [9.17, 15) is 4.79 Å². The molecule has 0 amide bonds. The molecule has 1 unspecified atom stereocenters. The Morgan fingerprint density at radius 1 is 0.683 bits per heavy atom. The number of hydrogen-bond acceptors (Lipinski definition) is 4. The topological polar surface area (TPSA) is 32.8 Å². The molecule has 41 heavy (non-hydrogen) atoms. The van der Waals surface area contributed by atoms with Gasteiger partial charge in [-0.3, -0.25) is 4.79 Å². The van der Waals surface area contributed by atoms with Crippen LogP contribution in [0.15, 0.2) is 103 Å². The van der Waals surface area contributed by atoms with Gasteiger partial charge < -0.3 is 14.5 Å². The number of nitrogens with zero attached hydrogens (tertiary/aromatic N) is 2. The van der Waals surface area contributed by atoms with Gasteiger partial charge in [0, 0.05) is 37.6 Å². The van der Waals surface area contributed by atoms with Crippen molar-refractivity contribution in [2.24, 2.45) is 0 Å². The van der Waals surface area contributed by atoms with Gasteiger partial charge in [0.05, 0.1) is 12.7 Å². The fourth-order valence-electron chi connectivity index (χ4n) is 5.90. The number of carbonyl (C=O) groups excluding carboxylic acids is 1. The second-order valence-corrected chi connectivity index (χ2v) is 10.8. The third-order valence-electron chi connectivity index (χ3n) is 8.21. The maximum atomic E-state index is 13.7. The van der Waals surface area contributed by atoms with Gasteiger partial charge in [0.2, 0.25) is 0 Å². The highest BCUT2D eigenvalue weighted by Crippen LogP contribution is 2.47. The number of methoxy groups -OCH3 is 1. The summed E-state index contributed by atoms with van der Waals surface area (Å²) in [6.07, 6.45) is 0. The van der Waals surface area contributed by atoms with Crippen LogP contribution in [0.25, 0.3) is 5.57 Å². The highest BCUT2D eigenvalue weighted by molar-refractivity contribution is 6.32. The minimum Gasteiger partial charge on any atom is -0.499 e. The zero-order chi connectivity index (χ0) is 28.9. The van der Waals surface area contributed by atoms with Gasteiger partial charge in [0.25, 0.3) is 0 Å². The van der Waals surface area contributed by atoms with E-state index in [0.29, 0.717) is 5.57 Å². The SMILES string of the molecule is CCN(Cc1ccccc1)c1ccc(C2=C(OC)C(c3ccc(N(CC)Cc4ccccc4)cc3C)C2=O)c(C)c1. The average molecular weight is 545 g/mol. The number of benzene rings is 4. The highest BCUT2D eigenvalue weighted by atomic mass is 16.5. The lowest BCUT2D eigenvalue weighted by Crippen LogP contribution is -2.31. The summed E-state index contributed by atoms with van der Waals surface area (Å²) in [5.74, 6) is 0.523. The predicted molar refractivity (Wildman–Crippen MR) is 170 cm³/mol. The van der Waals surface area contributed by atoms with E-state index in [1.807, 2.05) is 12.1 Å². The van der Waals surface area contributed by atoms with Crippen molar-refractivity contribution >= 4 is 22.7 Å². The summed E-state index contributed by atoms with van der Waals surface area (Å²) in [5.41, 5.74) is 9.74. The zero-order valence-electron chi connectivity index (χ0n) is 24.9. The molecule has 210 valence electrons. The van der Waals surface area contributed by atoms with E-state index < -0.39 is 0 Å². The normalized spacial score (nSPS) is 14.6. The Hall–Kier alpha value is -4.31. The minimum absolute atomic E-state index is 0.127. The maximum Gasteiger partial charge on any atom is 0.181 e. The second kappa shape index (κ2) is 12.5. The summed E-state index contributed by atoms with van der Waals surface area (Å²) in [7, 11) is 1.68. The fourth-order valence-corrected chi connectivity index (χ4v) is 5.90. The Kier molecular flexibility index (Phi) is 8.58. The van der Waals surface area contributed by atoms with E-state index in [2.05, 4.69) is 122 Å². The molecule has 5 rings (SSSR count). The molecule has 0 saturated carbocycles. The predicted octanol–water partition coefficient (Wildman–Crippen LogP) is 8.08. The zero-order valence-corrected chi connectivity index (χ0v) is 24.9. The van der Waals surface area contributed by atoms with Crippen LogP contribution in [-0.4, -0.2) is 26.0 Å². The molecule has 0 aromatic heterocycles. The Balaban J connectivity index is 1.39. The van der Waals surface area contributed by atoms with Crippen LogP contribution in [-0.2, 0) is 22.6 Å². The number of ketones is 1. The third-order valence-corrected chi connectivity index (χ3v) is 8.21. The van der Waals surface area contributed by atoms with Gasteiger partial charge in [-0.25, -0.2) is 0 Å². The van der Waals surface area contributed by atoms with Crippen molar-refractivity contribution in [1.82, 2.24) is 0 Å². The first-order valence-electron chi connectivity index (χ1n) is 14.6. The number of ether oxygens (including phenoxy) is 1. The minimum atomic E-state index is -0.363. The molecule has 0 bridgehead atoms. The highest BCUT2D eigenvalue weighted by Gasteiger charge is 2.43. The molecule has 4 nitrogen and oxygen atoms in total. The van der Waals surface area contributed by atoms with Crippen LogP contribution in [0.5, 0.6) is 0 Å². The smallest absolute Gasteiger partial charge is 0.181 e. The van der Waals surface area contributed by atoms with Crippen LogP contribution in [0.3, 0.4) is 0 Å². The molecule has 0 radical (unpaired) electrons. The third kappa shape index (κ3) is 5.78. The summed E-state index contributed by atoms with van der Waals surface area (Å²) in [6, 6.07) is 33.9.